The predicted octanol–water partition coefficient (Wildman–Crippen LogP) is 0.0906. The molecule has 0 amide bonds. The van der Waals surface area contributed by atoms with Gasteiger partial charge >= 0.3 is 0 Å². The quantitative estimate of drug-likeness (QED) is 0.379. The monoisotopic (exact) mass is 223 g/mol. The fourth-order valence-electron chi connectivity index (χ4n) is 1.03. The molecule has 0 aromatic carbocycles. The van der Waals surface area contributed by atoms with Crippen LogP contribution < -0.4 is 0 Å². The molecule has 1 atom stereocenters. The summed E-state index contributed by atoms with van der Waals surface area (Å²) in [5, 5.41) is 9.93. The summed E-state index contributed by atoms with van der Waals surface area (Å²) in [7, 11) is -0.765. The summed E-state index contributed by atoms with van der Waals surface area (Å²) in [6.45, 7) is 3.47. The van der Waals surface area contributed by atoms with Crippen LogP contribution in [0, 0.1) is 0 Å². The van der Waals surface area contributed by atoms with E-state index >= 15 is 0 Å². The first-order valence-corrected chi connectivity index (χ1v) is 5.78. The van der Waals surface area contributed by atoms with E-state index in [9.17, 15) is 13.5 Å². The number of rotatable bonds is 6. The topological polar surface area (TPSA) is 77.8 Å². The zero-order chi connectivity index (χ0) is 11.4. The molecule has 0 aromatic rings. The van der Waals surface area contributed by atoms with Crippen LogP contribution in [-0.2, 0) is 10.1 Å². The van der Waals surface area contributed by atoms with Crippen molar-refractivity contribution < 1.29 is 18.1 Å². The van der Waals surface area contributed by atoms with Crippen LogP contribution in [0.3, 0.4) is 0 Å². The van der Waals surface area contributed by atoms with E-state index in [0.717, 1.165) is 0 Å². The molecule has 0 radical (unpaired) electrons. The normalized spacial score (nSPS) is 16.6. The van der Waals surface area contributed by atoms with Crippen molar-refractivity contribution in [3.8, 4) is 0 Å². The van der Waals surface area contributed by atoms with Gasteiger partial charge in [0.1, 0.15) is 5.72 Å². The van der Waals surface area contributed by atoms with Gasteiger partial charge in [-0.2, -0.15) is 8.42 Å². The summed E-state index contributed by atoms with van der Waals surface area (Å²) in [6, 6.07) is 0. The Morgan fingerprint density at radius 2 is 2.00 bits per heavy atom. The van der Waals surface area contributed by atoms with E-state index < -0.39 is 21.6 Å². The van der Waals surface area contributed by atoms with Crippen molar-refractivity contribution in [2.45, 2.75) is 18.6 Å². The molecule has 0 heterocycles. The Hall–Kier alpha value is -0.430. The molecule has 0 spiro atoms. The van der Waals surface area contributed by atoms with Crippen molar-refractivity contribution in [2.24, 2.45) is 0 Å². The molecular formula is C8H17NO4S. The lowest BCUT2D eigenvalue weighted by Crippen LogP contribution is -2.45. The molecule has 0 rings (SSSR count). The molecule has 2 N–H and O–H groups in total. The maximum Gasteiger partial charge on any atom is 0.265 e. The fraction of sp³-hybridized carbons (Fsp3) is 0.750. The van der Waals surface area contributed by atoms with Crippen LogP contribution in [0.15, 0.2) is 12.7 Å². The van der Waals surface area contributed by atoms with E-state index in [-0.39, 0.29) is 12.8 Å². The summed E-state index contributed by atoms with van der Waals surface area (Å²) in [4.78, 5) is 1.50. The Morgan fingerprint density at radius 3 is 2.29 bits per heavy atom. The third-order valence-electron chi connectivity index (χ3n) is 2.06. The van der Waals surface area contributed by atoms with Crippen molar-refractivity contribution in [3.05, 3.63) is 12.7 Å². The molecule has 14 heavy (non-hydrogen) atoms. The van der Waals surface area contributed by atoms with Gasteiger partial charge < -0.3 is 5.11 Å². The smallest absolute Gasteiger partial charge is 0.265 e. The van der Waals surface area contributed by atoms with Gasteiger partial charge in [0, 0.05) is 12.8 Å². The maximum absolute atomic E-state index is 10.5. The molecular weight excluding hydrogens is 206 g/mol. The second-order valence-corrected chi connectivity index (χ2v) is 4.98. The van der Waals surface area contributed by atoms with Crippen LogP contribution in [0.4, 0.5) is 0 Å². The Balaban J connectivity index is 4.46. The molecule has 0 saturated carbocycles. The highest BCUT2D eigenvalue weighted by molar-refractivity contribution is 7.85. The average Bonchev–Trinajstić information content (AvgIpc) is 2.00. The molecule has 0 aliphatic heterocycles. The summed E-state index contributed by atoms with van der Waals surface area (Å²) in [6.07, 6.45) is 1.70. The molecule has 1 unspecified atom stereocenters. The van der Waals surface area contributed by atoms with E-state index in [1.165, 1.54) is 11.0 Å². The zero-order valence-corrected chi connectivity index (χ0v) is 9.29. The van der Waals surface area contributed by atoms with Crippen molar-refractivity contribution in [1.82, 2.24) is 4.90 Å². The second-order valence-electron chi connectivity index (χ2n) is 3.41. The molecule has 0 saturated heterocycles. The molecule has 5 nitrogen and oxygen atoms in total. The lowest BCUT2D eigenvalue weighted by molar-refractivity contribution is -0.0815. The van der Waals surface area contributed by atoms with Crippen molar-refractivity contribution in [3.63, 3.8) is 0 Å². The molecule has 84 valence electrons. The zero-order valence-electron chi connectivity index (χ0n) is 8.47. The van der Waals surface area contributed by atoms with Crippen LogP contribution in [-0.4, -0.2) is 48.6 Å². The fourth-order valence-corrected chi connectivity index (χ4v) is 1.62. The van der Waals surface area contributed by atoms with Crippen LogP contribution in [0.5, 0.6) is 0 Å². The SMILES string of the molecule is C=CCC(O)(CCS(=O)(=O)O)N(C)C. The van der Waals surface area contributed by atoms with Gasteiger partial charge in [-0.05, 0) is 14.1 Å². The molecule has 0 fully saturated rings. The van der Waals surface area contributed by atoms with Gasteiger partial charge in [0.25, 0.3) is 10.1 Å². The van der Waals surface area contributed by atoms with Gasteiger partial charge in [0.05, 0.1) is 5.75 Å². The standard InChI is InChI=1S/C8H17NO4S/c1-4-5-8(10,9(2)3)6-7-14(11,12)13/h4,10H,1,5-7H2,2-3H3,(H,11,12,13). The number of hydrogen-bond acceptors (Lipinski definition) is 4. The minimum Gasteiger partial charge on any atom is -0.375 e. The molecule has 0 aromatic heterocycles. The summed E-state index contributed by atoms with van der Waals surface area (Å²) < 4.78 is 29.6. The van der Waals surface area contributed by atoms with Crippen LogP contribution in [0.2, 0.25) is 0 Å². The minimum absolute atomic E-state index is 0.0507. The van der Waals surface area contributed by atoms with Gasteiger partial charge in [0.15, 0.2) is 0 Å². The lowest BCUT2D eigenvalue weighted by atomic mass is 10.1. The predicted molar refractivity (Wildman–Crippen MR) is 54.5 cm³/mol. The summed E-state index contributed by atoms with van der Waals surface area (Å²) >= 11 is 0. The lowest BCUT2D eigenvalue weighted by Gasteiger charge is -2.33. The number of nitrogens with zero attached hydrogens (tertiary/aromatic N) is 1. The number of aliphatic hydroxyl groups is 1. The van der Waals surface area contributed by atoms with E-state index in [1.54, 1.807) is 14.1 Å². The third-order valence-corrected chi connectivity index (χ3v) is 2.78. The maximum atomic E-state index is 10.5. The Morgan fingerprint density at radius 1 is 1.50 bits per heavy atom. The van der Waals surface area contributed by atoms with Crippen LogP contribution in [0.25, 0.3) is 0 Å². The molecule has 0 aliphatic rings. The number of hydrogen-bond donors (Lipinski definition) is 2. The van der Waals surface area contributed by atoms with E-state index in [1.807, 2.05) is 0 Å². The average molecular weight is 223 g/mol. The Kier molecular flexibility index (Phi) is 4.73. The summed E-state index contributed by atoms with van der Waals surface area (Å²) in [5.74, 6) is -0.463. The third kappa shape index (κ3) is 4.71. The van der Waals surface area contributed by atoms with Gasteiger partial charge in [-0.1, -0.05) is 6.08 Å². The first kappa shape index (κ1) is 13.6. The van der Waals surface area contributed by atoms with Gasteiger partial charge in [-0.25, -0.2) is 0 Å². The van der Waals surface area contributed by atoms with Crippen LogP contribution in [0.1, 0.15) is 12.8 Å². The largest absolute Gasteiger partial charge is 0.375 e. The van der Waals surface area contributed by atoms with E-state index in [2.05, 4.69) is 6.58 Å². The van der Waals surface area contributed by atoms with E-state index in [0.29, 0.717) is 0 Å². The molecule has 0 aliphatic carbocycles. The summed E-state index contributed by atoms with van der Waals surface area (Å²) in [5.41, 5.74) is -1.27. The van der Waals surface area contributed by atoms with Gasteiger partial charge in [-0.15, -0.1) is 6.58 Å². The van der Waals surface area contributed by atoms with Gasteiger partial charge in [-0.3, -0.25) is 9.45 Å². The van der Waals surface area contributed by atoms with E-state index in [4.69, 9.17) is 4.55 Å². The minimum atomic E-state index is -4.03. The Bertz CT molecular complexity index is 286. The molecule has 0 bridgehead atoms. The van der Waals surface area contributed by atoms with Crippen LogP contribution >= 0.6 is 0 Å². The molecule has 6 heteroatoms. The highest BCUT2D eigenvalue weighted by atomic mass is 32.2. The van der Waals surface area contributed by atoms with Crippen molar-refractivity contribution in [2.75, 3.05) is 19.8 Å². The first-order chi connectivity index (χ1) is 6.21. The van der Waals surface area contributed by atoms with Gasteiger partial charge in [0.2, 0.25) is 0 Å². The highest BCUT2D eigenvalue weighted by Gasteiger charge is 2.29. The Labute approximate surface area is 84.8 Å². The first-order valence-electron chi connectivity index (χ1n) is 4.17. The second kappa shape index (κ2) is 4.88. The van der Waals surface area contributed by atoms with Crippen molar-refractivity contribution >= 4 is 10.1 Å². The highest BCUT2D eigenvalue weighted by Crippen LogP contribution is 2.19. The van der Waals surface area contributed by atoms with Crippen molar-refractivity contribution in [1.29, 1.82) is 0 Å².